The summed E-state index contributed by atoms with van der Waals surface area (Å²) in [7, 11) is 0. The lowest BCUT2D eigenvalue weighted by Crippen LogP contribution is -2.53. The minimum absolute atomic E-state index is 0.0318. The van der Waals surface area contributed by atoms with E-state index in [1.165, 1.54) is 0 Å². The van der Waals surface area contributed by atoms with Gasteiger partial charge in [0.2, 0.25) is 11.8 Å². The molecule has 2 aliphatic heterocycles. The van der Waals surface area contributed by atoms with Gasteiger partial charge in [-0.2, -0.15) is 0 Å². The van der Waals surface area contributed by atoms with Gasteiger partial charge in [-0.1, -0.05) is 6.92 Å². The fourth-order valence-corrected chi connectivity index (χ4v) is 3.00. The number of hydrogen-bond acceptors (Lipinski definition) is 4. The minimum Gasteiger partial charge on any atom is -0.353 e. The monoisotopic (exact) mass is 296 g/mol. The van der Waals surface area contributed by atoms with Crippen molar-refractivity contribution < 1.29 is 9.59 Å². The molecule has 0 spiro atoms. The minimum atomic E-state index is -0.106. The Morgan fingerprint density at radius 3 is 2.67 bits per heavy atom. The fraction of sp³-hybridized carbons (Fsp3) is 0.867. The van der Waals surface area contributed by atoms with Gasteiger partial charge in [0.1, 0.15) is 0 Å². The van der Waals surface area contributed by atoms with Gasteiger partial charge in [-0.3, -0.25) is 14.5 Å². The van der Waals surface area contributed by atoms with E-state index in [0.717, 1.165) is 52.0 Å². The first kappa shape index (κ1) is 16.2. The molecule has 0 saturated carbocycles. The summed E-state index contributed by atoms with van der Waals surface area (Å²) >= 11 is 0. The van der Waals surface area contributed by atoms with Crippen LogP contribution in [-0.2, 0) is 9.59 Å². The predicted molar refractivity (Wildman–Crippen MR) is 81.9 cm³/mol. The van der Waals surface area contributed by atoms with Crippen molar-refractivity contribution in [2.45, 2.75) is 45.2 Å². The third-order valence-corrected chi connectivity index (χ3v) is 4.44. The highest BCUT2D eigenvalue weighted by Gasteiger charge is 2.34. The summed E-state index contributed by atoms with van der Waals surface area (Å²) in [5.74, 6) is 0.231. The van der Waals surface area contributed by atoms with Crippen LogP contribution in [0.4, 0.5) is 0 Å². The lowest BCUT2D eigenvalue weighted by molar-refractivity contribution is -0.137. The van der Waals surface area contributed by atoms with Gasteiger partial charge in [0.05, 0.1) is 12.6 Å². The molecule has 2 saturated heterocycles. The van der Waals surface area contributed by atoms with Gasteiger partial charge in [-0.05, 0) is 32.7 Å². The second-order valence-corrected chi connectivity index (χ2v) is 6.08. The molecule has 6 nitrogen and oxygen atoms in total. The molecule has 2 fully saturated rings. The molecule has 0 aromatic rings. The van der Waals surface area contributed by atoms with Gasteiger partial charge >= 0.3 is 0 Å². The lowest BCUT2D eigenvalue weighted by atomic mass is 10.1. The van der Waals surface area contributed by atoms with Gasteiger partial charge in [0, 0.05) is 32.2 Å². The third kappa shape index (κ3) is 4.41. The fourth-order valence-electron chi connectivity index (χ4n) is 3.00. The summed E-state index contributed by atoms with van der Waals surface area (Å²) < 4.78 is 0. The summed E-state index contributed by atoms with van der Waals surface area (Å²) in [4.78, 5) is 28.6. The molecule has 21 heavy (non-hydrogen) atoms. The van der Waals surface area contributed by atoms with Gasteiger partial charge in [-0.15, -0.1) is 0 Å². The number of likely N-dealkylation sites (tertiary alicyclic amines) is 1. The van der Waals surface area contributed by atoms with Crippen LogP contribution in [0.3, 0.4) is 0 Å². The van der Waals surface area contributed by atoms with E-state index < -0.39 is 0 Å². The van der Waals surface area contributed by atoms with E-state index in [0.29, 0.717) is 6.54 Å². The van der Waals surface area contributed by atoms with Crippen molar-refractivity contribution in [3.63, 3.8) is 0 Å². The van der Waals surface area contributed by atoms with Crippen LogP contribution in [0.25, 0.3) is 0 Å². The molecule has 2 N–H and O–H groups in total. The van der Waals surface area contributed by atoms with Crippen molar-refractivity contribution in [2.75, 3.05) is 39.3 Å². The van der Waals surface area contributed by atoms with Crippen molar-refractivity contribution in [2.24, 2.45) is 0 Å². The summed E-state index contributed by atoms with van der Waals surface area (Å²) in [5, 5.41) is 6.24. The third-order valence-electron chi connectivity index (χ3n) is 4.44. The molecule has 0 bridgehead atoms. The Hall–Kier alpha value is -1.14. The molecule has 2 heterocycles. The Morgan fingerprint density at radius 2 is 2.00 bits per heavy atom. The van der Waals surface area contributed by atoms with E-state index in [4.69, 9.17) is 0 Å². The molecule has 2 aliphatic rings. The highest BCUT2D eigenvalue weighted by molar-refractivity contribution is 5.84. The summed E-state index contributed by atoms with van der Waals surface area (Å²) in [6.07, 6.45) is 2.80. The molecule has 0 aliphatic carbocycles. The Kier molecular flexibility index (Phi) is 5.99. The van der Waals surface area contributed by atoms with Crippen LogP contribution >= 0.6 is 0 Å². The number of nitrogens with zero attached hydrogens (tertiary/aromatic N) is 2. The average molecular weight is 296 g/mol. The van der Waals surface area contributed by atoms with Gasteiger partial charge in [-0.25, -0.2) is 0 Å². The van der Waals surface area contributed by atoms with E-state index in [-0.39, 0.29) is 23.9 Å². The van der Waals surface area contributed by atoms with Gasteiger partial charge in [0.15, 0.2) is 0 Å². The first-order valence-corrected chi connectivity index (χ1v) is 8.14. The zero-order valence-corrected chi connectivity index (χ0v) is 13.2. The molecule has 0 radical (unpaired) electrons. The Bertz CT molecular complexity index is 369. The summed E-state index contributed by atoms with van der Waals surface area (Å²) in [5.41, 5.74) is 0. The summed E-state index contributed by atoms with van der Waals surface area (Å²) in [6, 6.07) is 0.0909. The second-order valence-electron chi connectivity index (χ2n) is 6.08. The summed E-state index contributed by atoms with van der Waals surface area (Å²) in [6.45, 7) is 8.54. The predicted octanol–water partition coefficient (Wildman–Crippen LogP) is -0.203. The number of rotatable bonds is 5. The van der Waals surface area contributed by atoms with Crippen LogP contribution < -0.4 is 10.6 Å². The number of amides is 2. The van der Waals surface area contributed by atoms with E-state index in [2.05, 4.69) is 17.6 Å². The SMILES string of the molecule is CCC(C)NC(=O)CN1CCCC1C(=O)N1CCNCC1. The van der Waals surface area contributed by atoms with Crippen LogP contribution in [0, 0.1) is 0 Å². The van der Waals surface area contributed by atoms with Gasteiger partial charge in [0.25, 0.3) is 0 Å². The number of hydrogen-bond donors (Lipinski definition) is 2. The quantitative estimate of drug-likeness (QED) is 0.737. The molecule has 0 aromatic heterocycles. The van der Waals surface area contributed by atoms with Crippen molar-refractivity contribution in [3.05, 3.63) is 0 Å². The van der Waals surface area contributed by atoms with Crippen molar-refractivity contribution >= 4 is 11.8 Å². The zero-order valence-electron chi connectivity index (χ0n) is 13.2. The largest absolute Gasteiger partial charge is 0.353 e. The van der Waals surface area contributed by atoms with E-state index in [9.17, 15) is 9.59 Å². The Labute approximate surface area is 127 Å². The Balaban J connectivity index is 1.87. The number of carbonyl (C=O) groups excluding carboxylic acids is 2. The van der Waals surface area contributed by atoms with Crippen molar-refractivity contribution in [1.29, 1.82) is 0 Å². The smallest absolute Gasteiger partial charge is 0.240 e. The maximum atomic E-state index is 12.6. The second kappa shape index (κ2) is 7.75. The average Bonchev–Trinajstić information content (AvgIpc) is 2.95. The van der Waals surface area contributed by atoms with Crippen LogP contribution in [0.2, 0.25) is 0 Å². The standard InChI is InChI=1S/C15H28N4O2/c1-3-12(2)17-14(20)11-19-8-4-5-13(19)15(21)18-9-6-16-7-10-18/h12-13,16H,3-11H2,1-2H3,(H,17,20). The van der Waals surface area contributed by atoms with E-state index in [1.54, 1.807) is 0 Å². The number of nitrogens with one attached hydrogen (secondary N) is 2. The lowest BCUT2D eigenvalue weighted by Gasteiger charge is -2.32. The zero-order chi connectivity index (χ0) is 15.2. The van der Waals surface area contributed by atoms with Crippen LogP contribution in [0.15, 0.2) is 0 Å². The molecular formula is C15H28N4O2. The van der Waals surface area contributed by atoms with Crippen molar-refractivity contribution in [1.82, 2.24) is 20.4 Å². The maximum Gasteiger partial charge on any atom is 0.240 e. The van der Waals surface area contributed by atoms with Crippen LogP contribution in [-0.4, -0.2) is 73.0 Å². The molecular weight excluding hydrogens is 268 g/mol. The molecule has 120 valence electrons. The molecule has 0 aromatic carbocycles. The first-order chi connectivity index (χ1) is 10.1. The van der Waals surface area contributed by atoms with E-state index >= 15 is 0 Å². The number of carbonyl (C=O) groups is 2. The molecule has 2 unspecified atom stereocenters. The molecule has 6 heteroatoms. The maximum absolute atomic E-state index is 12.6. The normalized spacial score (nSPS) is 24.9. The molecule has 2 amide bonds. The highest BCUT2D eigenvalue weighted by atomic mass is 16.2. The van der Waals surface area contributed by atoms with E-state index in [1.807, 2.05) is 16.7 Å². The van der Waals surface area contributed by atoms with Gasteiger partial charge < -0.3 is 15.5 Å². The highest BCUT2D eigenvalue weighted by Crippen LogP contribution is 2.19. The Morgan fingerprint density at radius 1 is 1.29 bits per heavy atom. The first-order valence-electron chi connectivity index (χ1n) is 8.14. The topological polar surface area (TPSA) is 64.7 Å². The van der Waals surface area contributed by atoms with Crippen LogP contribution in [0.5, 0.6) is 0 Å². The molecule has 2 rings (SSSR count). The van der Waals surface area contributed by atoms with Crippen LogP contribution in [0.1, 0.15) is 33.1 Å². The number of piperazine rings is 1. The molecule has 2 atom stereocenters. The van der Waals surface area contributed by atoms with Crippen molar-refractivity contribution in [3.8, 4) is 0 Å².